The van der Waals surface area contributed by atoms with E-state index in [1.165, 1.54) is 0 Å². The zero-order chi connectivity index (χ0) is 11.4. The van der Waals surface area contributed by atoms with Gasteiger partial charge in [0.25, 0.3) is 0 Å². The second-order valence-corrected chi connectivity index (χ2v) is 3.17. The summed E-state index contributed by atoms with van der Waals surface area (Å²) in [5.41, 5.74) is 0. The van der Waals surface area contributed by atoms with Crippen LogP contribution in [-0.4, -0.2) is 19.8 Å². The third-order valence-electron chi connectivity index (χ3n) is 1.80. The van der Waals surface area contributed by atoms with Crippen molar-refractivity contribution in [3.8, 4) is 0 Å². The fourth-order valence-corrected chi connectivity index (χ4v) is 0.940. The van der Waals surface area contributed by atoms with E-state index < -0.39 is 0 Å². The predicted octanol–water partition coefficient (Wildman–Crippen LogP) is 3.47. The largest absolute Gasteiger partial charge is 0.498 e. The van der Waals surface area contributed by atoms with Crippen LogP contribution in [0.1, 0.15) is 26.7 Å². The minimum Gasteiger partial charge on any atom is -0.498 e. The number of allylic oxidation sites excluding steroid dienone is 2. The van der Waals surface area contributed by atoms with Gasteiger partial charge in [-0.3, -0.25) is 0 Å². The van der Waals surface area contributed by atoms with E-state index in [0.717, 1.165) is 31.8 Å². The summed E-state index contributed by atoms with van der Waals surface area (Å²) >= 11 is 0. The van der Waals surface area contributed by atoms with E-state index in [0.29, 0.717) is 6.61 Å². The van der Waals surface area contributed by atoms with Gasteiger partial charge in [-0.15, -0.1) is 6.58 Å². The molecule has 86 valence electrons. The molecule has 0 atom stereocenters. The van der Waals surface area contributed by atoms with Crippen molar-refractivity contribution in [2.24, 2.45) is 0 Å². The van der Waals surface area contributed by atoms with Crippen LogP contribution in [0.4, 0.5) is 0 Å². The van der Waals surface area contributed by atoms with Gasteiger partial charge in [0.15, 0.2) is 0 Å². The van der Waals surface area contributed by atoms with Gasteiger partial charge in [-0.05, 0) is 32.8 Å². The molecule has 0 aromatic heterocycles. The van der Waals surface area contributed by atoms with Gasteiger partial charge in [0.2, 0.25) is 0 Å². The minimum absolute atomic E-state index is 0.614. The summed E-state index contributed by atoms with van der Waals surface area (Å²) in [6.45, 7) is 9.66. The van der Waals surface area contributed by atoms with E-state index >= 15 is 0 Å². The maximum Gasteiger partial charge on any atom is 0.0912 e. The molecule has 0 spiro atoms. The van der Waals surface area contributed by atoms with Gasteiger partial charge in [0, 0.05) is 0 Å². The van der Waals surface area contributed by atoms with E-state index in [9.17, 15) is 0 Å². The first-order valence-corrected chi connectivity index (χ1v) is 5.40. The van der Waals surface area contributed by atoms with Gasteiger partial charge in [-0.2, -0.15) is 0 Å². The molecule has 0 aliphatic heterocycles. The SMILES string of the molecule is C=CCCOC/C=C(\C)OCC/C=C\C. The zero-order valence-electron chi connectivity index (χ0n) is 9.87. The second kappa shape index (κ2) is 11.1. The molecule has 0 aliphatic rings. The third-order valence-corrected chi connectivity index (χ3v) is 1.80. The molecular weight excluding hydrogens is 188 g/mol. The third kappa shape index (κ3) is 10.9. The fourth-order valence-electron chi connectivity index (χ4n) is 0.940. The number of ether oxygens (including phenoxy) is 2. The van der Waals surface area contributed by atoms with Gasteiger partial charge in [-0.25, -0.2) is 0 Å². The first kappa shape index (κ1) is 14.0. The van der Waals surface area contributed by atoms with Crippen molar-refractivity contribution in [3.63, 3.8) is 0 Å². The maximum atomic E-state index is 5.46. The Morgan fingerprint density at radius 3 is 2.73 bits per heavy atom. The quantitative estimate of drug-likeness (QED) is 0.329. The summed E-state index contributed by atoms with van der Waals surface area (Å²) in [4.78, 5) is 0. The molecule has 2 nitrogen and oxygen atoms in total. The van der Waals surface area contributed by atoms with Crippen LogP contribution in [0.25, 0.3) is 0 Å². The molecule has 0 bridgehead atoms. The molecule has 0 aromatic carbocycles. The molecule has 0 N–H and O–H groups in total. The van der Waals surface area contributed by atoms with Gasteiger partial charge < -0.3 is 9.47 Å². The lowest BCUT2D eigenvalue weighted by molar-refractivity contribution is 0.159. The van der Waals surface area contributed by atoms with Crippen molar-refractivity contribution in [2.45, 2.75) is 26.7 Å². The predicted molar refractivity (Wildman–Crippen MR) is 64.8 cm³/mol. The molecule has 0 aromatic rings. The standard InChI is InChI=1S/C13H22O2/c1-4-6-8-11-15-13(3)9-12-14-10-7-5-2/h4-6,9H,2,7-8,10-12H2,1,3H3/b6-4-,13-9+. The van der Waals surface area contributed by atoms with Crippen molar-refractivity contribution < 1.29 is 9.47 Å². The first-order valence-electron chi connectivity index (χ1n) is 5.40. The van der Waals surface area contributed by atoms with Crippen molar-refractivity contribution >= 4 is 0 Å². The maximum absolute atomic E-state index is 5.46. The van der Waals surface area contributed by atoms with E-state index in [4.69, 9.17) is 9.47 Å². The van der Waals surface area contributed by atoms with Crippen LogP contribution >= 0.6 is 0 Å². The Morgan fingerprint density at radius 2 is 2.07 bits per heavy atom. The molecule has 0 rings (SSSR count). The van der Waals surface area contributed by atoms with Crippen LogP contribution in [0.3, 0.4) is 0 Å². The van der Waals surface area contributed by atoms with E-state index in [2.05, 4.69) is 12.7 Å². The van der Waals surface area contributed by atoms with Crippen LogP contribution in [-0.2, 0) is 9.47 Å². The van der Waals surface area contributed by atoms with Gasteiger partial charge in [0.1, 0.15) is 0 Å². The Labute approximate surface area is 93.3 Å². The van der Waals surface area contributed by atoms with Crippen molar-refractivity contribution in [3.05, 3.63) is 36.6 Å². The van der Waals surface area contributed by atoms with Crippen LogP contribution in [0.2, 0.25) is 0 Å². The van der Waals surface area contributed by atoms with Crippen molar-refractivity contribution in [1.29, 1.82) is 0 Å². The Kier molecular flexibility index (Phi) is 10.3. The number of hydrogen-bond donors (Lipinski definition) is 0. The summed E-state index contributed by atoms with van der Waals surface area (Å²) in [5.74, 6) is 0.929. The highest BCUT2D eigenvalue weighted by atomic mass is 16.5. The first-order chi connectivity index (χ1) is 7.31. The Bertz CT molecular complexity index is 205. The van der Waals surface area contributed by atoms with Gasteiger partial charge >= 0.3 is 0 Å². The van der Waals surface area contributed by atoms with E-state index in [1.807, 2.05) is 32.1 Å². The summed E-state index contributed by atoms with van der Waals surface area (Å²) in [5, 5.41) is 0. The molecule has 0 radical (unpaired) electrons. The Morgan fingerprint density at radius 1 is 1.27 bits per heavy atom. The highest BCUT2D eigenvalue weighted by Crippen LogP contribution is 1.97. The zero-order valence-corrected chi connectivity index (χ0v) is 9.87. The van der Waals surface area contributed by atoms with Crippen LogP contribution < -0.4 is 0 Å². The summed E-state index contributed by atoms with van der Waals surface area (Å²) < 4.78 is 10.8. The average Bonchev–Trinajstić information content (AvgIpc) is 2.24. The van der Waals surface area contributed by atoms with E-state index in [1.54, 1.807) is 0 Å². The van der Waals surface area contributed by atoms with Crippen LogP contribution in [0.5, 0.6) is 0 Å². The van der Waals surface area contributed by atoms with Crippen LogP contribution in [0.15, 0.2) is 36.6 Å². The molecule has 0 saturated carbocycles. The molecular formula is C13H22O2. The molecule has 15 heavy (non-hydrogen) atoms. The summed E-state index contributed by atoms with van der Waals surface area (Å²) in [7, 11) is 0. The normalized spacial score (nSPS) is 12.0. The lowest BCUT2D eigenvalue weighted by Gasteiger charge is -2.04. The summed E-state index contributed by atoms with van der Waals surface area (Å²) in [6, 6.07) is 0. The molecule has 2 heteroatoms. The highest BCUT2D eigenvalue weighted by Gasteiger charge is 1.89. The van der Waals surface area contributed by atoms with E-state index in [-0.39, 0.29) is 0 Å². The monoisotopic (exact) mass is 210 g/mol. The molecule has 0 aliphatic carbocycles. The van der Waals surface area contributed by atoms with Gasteiger partial charge in [0.05, 0.1) is 25.6 Å². The van der Waals surface area contributed by atoms with Gasteiger partial charge in [-0.1, -0.05) is 18.2 Å². The molecule has 0 heterocycles. The number of hydrogen-bond acceptors (Lipinski definition) is 2. The average molecular weight is 210 g/mol. The highest BCUT2D eigenvalue weighted by molar-refractivity contribution is 4.89. The van der Waals surface area contributed by atoms with Crippen molar-refractivity contribution in [2.75, 3.05) is 19.8 Å². The Balaban J connectivity index is 3.39. The Hall–Kier alpha value is -1.02. The van der Waals surface area contributed by atoms with Crippen LogP contribution in [0, 0.1) is 0 Å². The lowest BCUT2D eigenvalue weighted by Crippen LogP contribution is -1.96. The molecule has 0 fully saturated rings. The van der Waals surface area contributed by atoms with Crippen molar-refractivity contribution in [1.82, 2.24) is 0 Å². The fraction of sp³-hybridized carbons (Fsp3) is 0.538. The number of rotatable bonds is 9. The molecule has 0 unspecified atom stereocenters. The smallest absolute Gasteiger partial charge is 0.0912 e. The lowest BCUT2D eigenvalue weighted by atomic mass is 10.4. The summed E-state index contributed by atoms with van der Waals surface area (Å²) in [6.07, 6.45) is 9.78. The molecule has 0 amide bonds. The second-order valence-electron chi connectivity index (χ2n) is 3.17. The minimum atomic E-state index is 0.614. The topological polar surface area (TPSA) is 18.5 Å². The molecule has 0 saturated heterocycles.